The number of likely N-dealkylation sites (tertiary alicyclic amines) is 1. The summed E-state index contributed by atoms with van der Waals surface area (Å²) in [5.74, 6) is 0. The molecule has 0 aromatic heterocycles. The SMILES string of the molecule is CCCCCCN=CN1CCCCC1. The molecule has 0 aromatic rings. The van der Waals surface area contributed by atoms with Gasteiger partial charge in [0.2, 0.25) is 0 Å². The van der Waals surface area contributed by atoms with Crippen LogP contribution in [0.3, 0.4) is 0 Å². The third-order valence-electron chi connectivity index (χ3n) is 2.78. The van der Waals surface area contributed by atoms with Gasteiger partial charge in [0.05, 0.1) is 6.34 Å². The highest BCUT2D eigenvalue weighted by molar-refractivity contribution is 5.54. The minimum absolute atomic E-state index is 1.02. The molecule has 0 radical (unpaired) electrons. The lowest BCUT2D eigenvalue weighted by Crippen LogP contribution is -2.28. The number of hydrogen-bond donors (Lipinski definition) is 0. The van der Waals surface area contributed by atoms with E-state index in [4.69, 9.17) is 0 Å². The van der Waals surface area contributed by atoms with Crippen LogP contribution in [0, 0.1) is 0 Å². The van der Waals surface area contributed by atoms with Gasteiger partial charge in [-0.3, -0.25) is 4.99 Å². The summed E-state index contributed by atoms with van der Waals surface area (Å²) in [5.41, 5.74) is 0. The maximum absolute atomic E-state index is 4.47. The number of nitrogens with zero attached hydrogens (tertiary/aromatic N) is 2. The van der Waals surface area contributed by atoms with Crippen molar-refractivity contribution >= 4 is 6.34 Å². The third kappa shape index (κ3) is 5.25. The molecule has 0 unspecified atom stereocenters. The van der Waals surface area contributed by atoms with Crippen molar-refractivity contribution in [1.82, 2.24) is 4.90 Å². The van der Waals surface area contributed by atoms with Gasteiger partial charge in [-0.25, -0.2) is 0 Å². The standard InChI is InChI=1S/C12H24N2/c1-2-3-4-6-9-13-12-14-10-7-5-8-11-14/h12H,2-11H2,1H3. The first-order valence-corrected chi connectivity index (χ1v) is 6.17. The topological polar surface area (TPSA) is 15.6 Å². The van der Waals surface area contributed by atoms with Crippen molar-refractivity contribution in [2.24, 2.45) is 4.99 Å². The highest BCUT2D eigenvalue weighted by Crippen LogP contribution is 2.06. The molecule has 1 aliphatic heterocycles. The zero-order valence-electron chi connectivity index (χ0n) is 9.54. The maximum atomic E-state index is 4.47. The molecule has 0 atom stereocenters. The molecular formula is C12H24N2. The molecule has 1 rings (SSSR count). The zero-order chi connectivity index (χ0) is 10.1. The van der Waals surface area contributed by atoms with Crippen molar-refractivity contribution < 1.29 is 0 Å². The Kier molecular flexibility index (Phi) is 6.46. The molecule has 0 saturated carbocycles. The van der Waals surface area contributed by atoms with Gasteiger partial charge < -0.3 is 4.90 Å². The zero-order valence-corrected chi connectivity index (χ0v) is 9.54. The Balaban J connectivity index is 1.96. The minimum Gasteiger partial charge on any atom is -0.363 e. The summed E-state index contributed by atoms with van der Waals surface area (Å²) in [6.45, 7) is 5.71. The number of aliphatic imine (C=N–C) groups is 1. The molecule has 0 aliphatic carbocycles. The first-order chi connectivity index (χ1) is 6.93. The largest absolute Gasteiger partial charge is 0.363 e. The van der Waals surface area contributed by atoms with Gasteiger partial charge in [0.1, 0.15) is 0 Å². The molecular weight excluding hydrogens is 172 g/mol. The Bertz CT molecular complexity index is 148. The Morgan fingerprint density at radius 1 is 1.07 bits per heavy atom. The molecule has 1 heterocycles. The van der Waals surface area contributed by atoms with Crippen LogP contribution in [0.1, 0.15) is 51.9 Å². The van der Waals surface area contributed by atoms with Crippen molar-refractivity contribution in [3.8, 4) is 0 Å². The van der Waals surface area contributed by atoms with Crippen LogP contribution in [0.5, 0.6) is 0 Å². The number of rotatable bonds is 6. The molecule has 82 valence electrons. The van der Waals surface area contributed by atoms with E-state index < -0.39 is 0 Å². The Labute approximate surface area is 88.4 Å². The highest BCUT2D eigenvalue weighted by atomic mass is 15.1. The second kappa shape index (κ2) is 7.84. The monoisotopic (exact) mass is 196 g/mol. The normalized spacial score (nSPS) is 17.9. The van der Waals surface area contributed by atoms with E-state index in [1.165, 1.54) is 58.0 Å². The van der Waals surface area contributed by atoms with E-state index in [2.05, 4.69) is 23.2 Å². The summed E-state index contributed by atoms with van der Waals surface area (Å²) in [5, 5.41) is 0. The van der Waals surface area contributed by atoms with E-state index in [-0.39, 0.29) is 0 Å². The molecule has 0 N–H and O–H groups in total. The molecule has 1 fully saturated rings. The smallest absolute Gasteiger partial charge is 0.0849 e. The second-order valence-corrected chi connectivity index (χ2v) is 4.18. The Morgan fingerprint density at radius 3 is 2.57 bits per heavy atom. The molecule has 1 aliphatic rings. The van der Waals surface area contributed by atoms with E-state index in [1.807, 2.05) is 0 Å². The lowest BCUT2D eigenvalue weighted by atomic mass is 10.1. The first-order valence-electron chi connectivity index (χ1n) is 6.17. The van der Waals surface area contributed by atoms with Gasteiger partial charge in [-0.15, -0.1) is 0 Å². The molecule has 0 amide bonds. The first kappa shape index (κ1) is 11.5. The molecule has 1 saturated heterocycles. The van der Waals surface area contributed by atoms with Crippen LogP contribution in [0.25, 0.3) is 0 Å². The van der Waals surface area contributed by atoms with E-state index in [1.54, 1.807) is 0 Å². The summed E-state index contributed by atoms with van der Waals surface area (Å²) in [6.07, 6.45) is 11.5. The van der Waals surface area contributed by atoms with Crippen molar-refractivity contribution in [2.75, 3.05) is 19.6 Å². The fraction of sp³-hybridized carbons (Fsp3) is 0.917. The van der Waals surface area contributed by atoms with Crippen LogP contribution in [-0.4, -0.2) is 30.9 Å². The van der Waals surface area contributed by atoms with Crippen LogP contribution in [0.4, 0.5) is 0 Å². The molecule has 2 heteroatoms. The van der Waals surface area contributed by atoms with Gasteiger partial charge in [0.15, 0.2) is 0 Å². The summed E-state index contributed by atoms with van der Waals surface area (Å²) in [7, 11) is 0. The van der Waals surface area contributed by atoms with Gasteiger partial charge in [-0.05, 0) is 25.7 Å². The molecule has 0 bridgehead atoms. The average molecular weight is 196 g/mol. The predicted octanol–water partition coefficient (Wildman–Crippen LogP) is 3.08. The van der Waals surface area contributed by atoms with Gasteiger partial charge in [-0.1, -0.05) is 26.2 Å². The number of hydrogen-bond acceptors (Lipinski definition) is 1. The lowest BCUT2D eigenvalue weighted by molar-refractivity contribution is 0.350. The molecule has 0 spiro atoms. The van der Waals surface area contributed by atoms with Crippen LogP contribution in [0.2, 0.25) is 0 Å². The highest BCUT2D eigenvalue weighted by Gasteiger charge is 2.04. The summed E-state index contributed by atoms with van der Waals surface area (Å²) < 4.78 is 0. The second-order valence-electron chi connectivity index (χ2n) is 4.18. The number of unbranched alkanes of at least 4 members (excludes halogenated alkanes) is 3. The lowest BCUT2D eigenvalue weighted by Gasteiger charge is -2.23. The molecule has 0 aromatic carbocycles. The molecule has 2 nitrogen and oxygen atoms in total. The number of piperidine rings is 1. The maximum Gasteiger partial charge on any atom is 0.0849 e. The van der Waals surface area contributed by atoms with Crippen molar-refractivity contribution in [1.29, 1.82) is 0 Å². The van der Waals surface area contributed by atoms with E-state index >= 15 is 0 Å². The van der Waals surface area contributed by atoms with Crippen LogP contribution < -0.4 is 0 Å². The predicted molar refractivity (Wildman–Crippen MR) is 62.9 cm³/mol. The third-order valence-corrected chi connectivity index (χ3v) is 2.78. The summed E-state index contributed by atoms with van der Waals surface area (Å²) >= 11 is 0. The van der Waals surface area contributed by atoms with Crippen LogP contribution in [0.15, 0.2) is 4.99 Å². The van der Waals surface area contributed by atoms with E-state index in [0.717, 1.165) is 6.54 Å². The fourth-order valence-corrected chi connectivity index (χ4v) is 1.84. The Morgan fingerprint density at radius 2 is 1.86 bits per heavy atom. The van der Waals surface area contributed by atoms with Crippen molar-refractivity contribution in [3.63, 3.8) is 0 Å². The summed E-state index contributed by atoms with van der Waals surface area (Å²) in [6, 6.07) is 0. The summed E-state index contributed by atoms with van der Waals surface area (Å²) in [4.78, 5) is 6.83. The minimum atomic E-state index is 1.02. The van der Waals surface area contributed by atoms with Gasteiger partial charge in [-0.2, -0.15) is 0 Å². The van der Waals surface area contributed by atoms with E-state index in [0.29, 0.717) is 0 Å². The fourth-order valence-electron chi connectivity index (χ4n) is 1.84. The quantitative estimate of drug-likeness (QED) is 0.362. The van der Waals surface area contributed by atoms with Gasteiger partial charge >= 0.3 is 0 Å². The van der Waals surface area contributed by atoms with Crippen LogP contribution in [-0.2, 0) is 0 Å². The molecule has 14 heavy (non-hydrogen) atoms. The Hall–Kier alpha value is -0.530. The van der Waals surface area contributed by atoms with Gasteiger partial charge in [0.25, 0.3) is 0 Å². The van der Waals surface area contributed by atoms with Crippen molar-refractivity contribution in [2.45, 2.75) is 51.9 Å². The average Bonchev–Trinajstić information content (AvgIpc) is 2.25. The van der Waals surface area contributed by atoms with Crippen molar-refractivity contribution in [3.05, 3.63) is 0 Å². The van der Waals surface area contributed by atoms with E-state index in [9.17, 15) is 0 Å². The van der Waals surface area contributed by atoms with Crippen LogP contribution >= 0.6 is 0 Å². The van der Waals surface area contributed by atoms with Gasteiger partial charge in [0, 0.05) is 19.6 Å².